The van der Waals surface area contributed by atoms with Crippen molar-refractivity contribution in [2.75, 3.05) is 19.7 Å². The van der Waals surface area contributed by atoms with Crippen molar-refractivity contribution < 1.29 is 5.11 Å². The van der Waals surface area contributed by atoms with Gasteiger partial charge in [-0.25, -0.2) is 0 Å². The highest BCUT2D eigenvalue weighted by Gasteiger charge is 2.12. The Labute approximate surface area is 96.4 Å². The van der Waals surface area contributed by atoms with Crippen molar-refractivity contribution in [1.29, 1.82) is 0 Å². The number of hydrogen-bond acceptors (Lipinski definition) is 2. The lowest BCUT2D eigenvalue weighted by atomic mass is 9.95. The highest BCUT2D eigenvalue weighted by molar-refractivity contribution is 5.85. The maximum atomic E-state index is 9.24. The Morgan fingerprint density at radius 3 is 2.60 bits per heavy atom. The predicted molar refractivity (Wildman–Crippen MR) is 65.2 cm³/mol. The summed E-state index contributed by atoms with van der Waals surface area (Å²) in [6, 6.07) is 10.3. The Morgan fingerprint density at radius 2 is 1.93 bits per heavy atom. The van der Waals surface area contributed by atoms with Gasteiger partial charge in [-0.05, 0) is 29.7 Å². The average molecular weight is 226 g/mol. The molecular weight excluding hydrogens is 210 g/mol. The first-order valence-electron chi connectivity index (χ1n) is 4.99. The molecule has 82 valence electrons. The molecule has 2 nitrogen and oxygen atoms in total. The number of halogens is 1. The van der Waals surface area contributed by atoms with Gasteiger partial charge in [-0.15, -0.1) is 12.4 Å². The second kappa shape index (κ2) is 5.91. The molecule has 1 aliphatic rings. The Morgan fingerprint density at radius 1 is 1.20 bits per heavy atom. The molecule has 0 aromatic heterocycles. The predicted octanol–water partition coefficient (Wildman–Crippen LogP) is 1.85. The third-order valence-electron chi connectivity index (χ3n) is 2.65. The van der Waals surface area contributed by atoms with Crippen molar-refractivity contribution in [3.63, 3.8) is 0 Å². The molecule has 2 N–H and O–H groups in total. The fourth-order valence-electron chi connectivity index (χ4n) is 1.85. The minimum absolute atomic E-state index is 0. The zero-order chi connectivity index (χ0) is 9.80. The third-order valence-corrected chi connectivity index (χ3v) is 2.65. The normalized spacial score (nSPS) is 16.1. The first-order valence-corrected chi connectivity index (χ1v) is 4.99. The van der Waals surface area contributed by atoms with Crippen LogP contribution in [-0.2, 0) is 0 Å². The van der Waals surface area contributed by atoms with Gasteiger partial charge in [-0.2, -0.15) is 0 Å². The SMILES string of the molecule is Cl.OCC1=C(c2ccccc2)CNCC1. The molecule has 0 unspecified atom stereocenters. The first kappa shape index (κ1) is 12.2. The number of aliphatic hydroxyl groups excluding tert-OH is 1. The van der Waals surface area contributed by atoms with Crippen LogP contribution in [-0.4, -0.2) is 24.8 Å². The fourth-order valence-corrected chi connectivity index (χ4v) is 1.85. The summed E-state index contributed by atoms with van der Waals surface area (Å²) in [5, 5.41) is 12.6. The first-order chi connectivity index (χ1) is 6.92. The summed E-state index contributed by atoms with van der Waals surface area (Å²) in [4.78, 5) is 0. The minimum Gasteiger partial charge on any atom is -0.392 e. The molecule has 0 atom stereocenters. The van der Waals surface area contributed by atoms with Crippen molar-refractivity contribution in [2.24, 2.45) is 0 Å². The molecule has 2 rings (SSSR count). The molecule has 0 fully saturated rings. The largest absolute Gasteiger partial charge is 0.392 e. The summed E-state index contributed by atoms with van der Waals surface area (Å²) in [7, 11) is 0. The lowest BCUT2D eigenvalue weighted by molar-refractivity contribution is 0.325. The van der Waals surface area contributed by atoms with E-state index in [2.05, 4.69) is 17.4 Å². The molecular formula is C12H16ClNO. The van der Waals surface area contributed by atoms with Crippen LogP contribution in [0.4, 0.5) is 0 Å². The van der Waals surface area contributed by atoms with Gasteiger partial charge in [-0.3, -0.25) is 0 Å². The number of rotatable bonds is 2. The van der Waals surface area contributed by atoms with Crippen LogP contribution in [0.2, 0.25) is 0 Å². The Hall–Kier alpha value is -0.830. The molecule has 15 heavy (non-hydrogen) atoms. The Bertz CT molecular complexity index is 335. The molecule has 1 aromatic rings. The molecule has 3 heteroatoms. The highest BCUT2D eigenvalue weighted by atomic mass is 35.5. The van der Waals surface area contributed by atoms with Gasteiger partial charge >= 0.3 is 0 Å². The van der Waals surface area contributed by atoms with E-state index in [1.165, 1.54) is 16.7 Å². The highest BCUT2D eigenvalue weighted by Crippen LogP contribution is 2.22. The van der Waals surface area contributed by atoms with Gasteiger partial charge < -0.3 is 10.4 Å². The van der Waals surface area contributed by atoms with Gasteiger partial charge in [0.1, 0.15) is 0 Å². The summed E-state index contributed by atoms with van der Waals surface area (Å²) >= 11 is 0. The molecule has 0 aliphatic carbocycles. The number of hydrogen-bond donors (Lipinski definition) is 2. The number of nitrogens with one attached hydrogen (secondary N) is 1. The molecule has 0 spiro atoms. The Balaban J connectivity index is 0.00000112. The van der Waals surface area contributed by atoms with E-state index in [0.717, 1.165) is 19.5 Å². The fraction of sp³-hybridized carbons (Fsp3) is 0.333. The zero-order valence-corrected chi connectivity index (χ0v) is 9.39. The van der Waals surface area contributed by atoms with E-state index in [1.54, 1.807) is 0 Å². The van der Waals surface area contributed by atoms with Crippen molar-refractivity contribution in [2.45, 2.75) is 6.42 Å². The molecule has 1 aromatic carbocycles. The number of aliphatic hydroxyl groups is 1. The van der Waals surface area contributed by atoms with Crippen LogP contribution < -0.4 is 5.32 Å². The zero-order valence-electron chi connectivity index (χ0n) is 8.57. The van der Waals surface area contributed by atoms with Gasteiger partial charge in [0.05, 0.1) is 6.61 Å². The van der Waals surface area contributed by atoms with E-state index in [-0.39, 0.29) is 19.0 Å². The van der Waals surface area contributed by atoms with Gasteiger partial charge in [0.25, 0.3) is 0 Å². The van der Waals surface area contributed by atoms with Gasteiger partial charge in [-0.1, -0.05) is 30.3 Å². The maximum absolute atomic E-state index is 9.24. The van der Waals surface area contributed by atoms with Crippen molar-refractivity contribution in [3.8, 4) is 0 Å². The van der Waals surface area contributed by atoms with Crippen LogP contribution in [0.3, 0.4) is 0 Å². The summed E-state index contributed by atoms with van der Waals surface area (Å²) in [6.07, 6.45) is 0.959. The molecule has 1 aliphatic heterocycles. The summed E-state index contributed by atoms with van der Waals surface area (Å²) in [5.74, 6) is 0. The lowest BCUT2D eigenvalue weighted by Crippen LogP contribution is -2.25. The topological polar surface area (TPSA) is 32.3 Å². The van der Waals surface area contributed by atoms with Crippen LogP contribution >= 0.6 is 12.4 Å². The quantitative estimate of drug-likeness (QED) is 0.805. The van der Waals surface area contributed by atoms with Crippen LogP contribution in [0.1, 0.15) is 12.0 Å². The smallest absolute Gasteiger partial charge is 0.0648 e. The molecule has 0 saturated heterocycles. The second-order valence-electron chi connectivity index (χ2n) is 3.53. The van der Waals surface area contributed by atoms with E-state index in [4.69, 9.17) is 0 Å². The van der Waals surface area contributed by atoms with E-state index in [1.807, 2.05) is 18.2 Å². The summed E-state index contributed by atoms with van der Waals surface area (Å²) < 4.78 is 0. The lowest BCUT2D eigenvalue weighted by Gasteiger charge is -2.20. The molecule has 0 bridgehead atoms. The van der Waals surface area contributed by atoms with Gasteiger partial charge in [0, 0.05) is 6.54 Å². The number of benzene rings is 1. The van der Waals surface area contributed by atoms with E-state index >= 15 is 0 Å². The van der Waals surface area contributed by atoms with Crippen LogP contribution in [0.25, 0.3) is 5.57 Å². The molecule has 1 heterocycles. The van der Waals surface area contributed by atoms with Crippen LogP contribution in [0.5, 0.6) is 0 Å². The van der Waals surface area contributed by atoms with Crippen molar-refractivity contribution in [3.05, 3.63) is 41.5 Å². The van der Waals surface area contributed by atoms with Crippen molar-refractivity contribution in [1.82, 2.24) is 5.32 Å². The standard InChI is InChI=1S/C12H15NO.ClH/c14-9-11-6-7-13-8-12(11)10-4-2-1-3-5-10;/h1-5,13-14H,6-9H2;1H. The maximum Gasteiger partial charge on any atom is 0.0648 e. The monoisotopic (exact) mass is 225 g/mol. The van der Waals surface area contributed by atoms with E-state index in [0.29, 0.717) is 0 Å². The summed E-state index contributed by atoms with van der Waals surface area (Å²) in [5.41, 5.74) is 3.66. The van der Waals surface area contributed by atoms with Crippen molar-refractivity contribution >= 4 is 18.0 Å². The Kier molecular flexibility index (Phi) is 4.82. The minimum atomic E-state index is 0. The third kappa shape index (κ3) is 2.81. The van der Waals surface area contributed by atoms with E-state index < -0.39 is 0 Å². The van der Waals surface area contributed by atoms with Gasteiger partial charge in [0.15, 0.2) is 0 Å². The van der Waals surface area contributed by atoms with Crippen LogP contribution in [0.15, 0.2) is 35.9 Å². The molecule has 0 saturated carbocycles. The van der Waals surface area contributed by atoms with Gasteiger partial charge in [0.2, 0.25) is 0 Å². The molecule has 0 radical (unpaired) electrons. The van der Waals surface area contributed by atoms with E-state index in [9.17, 15) is 5.11 Å². The molecule has 0 amide bonds. The second-order valence-corrected chi connectivity index (χ2v) is 3.53. The summed E-state index contributed by atoms with van der Waals surface area (Å²) in [6.45, 7) is 2.04. The van der Waals surface area contributed by atoms with Crippen LogP contribution in [0, 0.1) is 0 Å². The average Bonchev–Trinajstić information content (AvgIpc) is 2.30.